The van der Waals surface area contributed by atoms with Gasteiger partial charge in [-0.3, -0.25) is 0 Å². The number of nitriles is 1. The molecule has 0 bridgehead atoms. The molecular weight excluding hydrogens is 238 g/mol. The summed E-state index contributed by atoms with van der Waals surface area (Å²) in [4.78, 5) is 0. The number of aliphatic hydroxyl groups excluding tert-OH is 1. The molecule has 1 saturated carbocycles. The van der Waals surface area contributed by atoms with Crippen molar-refractivity contribution in [2.45, 2.75) is 38.9 Å². The Bertz CT molecular complexity index is 480. The zero-order chi connectivity index (χ0) is 13.9. The average molecular weight is 259 g/mol. The maximum absolute atomic E-state index is 10.7. The van der Waals surface area contributed by atoms with Crippen LogP contribution in [-0.4, -0.2) is 12.2 Å². The quantitative estimate of drug-likeness (QED) is 0.903. The van der Waals surface area contributed by atoms with E-state index in [1.807, 2.05) is 24.3 Å². The molecule has 0 spiro atoms. The zero-order valence-corrected chi connectivity index (χ0v) is 11.6. The highest BCUT2D eigenvalue weighted by Crippen LogP contribution is 2.49. The van der Waals surface area contributed by atoms with E-state index in [1.165, 1.54) is 0 Å². The minimum atomic E-state index is -0.728. The van der Waals surface area contributed by atoms with Crippen molar-refractivity contribution in [1.29, 1.82) is 5.26 Å². The van der Waals surface area contributed by atoms with Crippen LogP contribution in [0.2, 0.25) is 0 Å². The highest BCUT2D eigenvalue weighted by atomic mass is 16.5. The van der Waals surface area contributed by atoms with Gasteiger partial charge in [0.25, 0.3) is 0 Å². The zero-order valence-electron chi connectivity index (χ0n) is 11.6. The smallest absolute Gasteiger partial charge is 0.0979 e. The standard InChI is InChI=1S/C16H21NO2/c1-12-7-8-16(9-12,11-17)15(18)14-6-4-3-5-13(14)10-19-2/h3-6,12,15,18H,7-10H2,1-2H3. The molecule has 3 unspecified atom stereocenters. The van der Waals surface area contributed by atoms with Crippen molar-refractivity contribution in [2.24, 2.45) is 11.3 Å². The number of hydrogen-bond acceptors (Lipinski definition) is 3. The Balaban J connectivity index is 2.33. The Hall–Kier alpha value is -1.37. The van der Waals surface area contributed by atoms with E-state index in [1.54, 1.807) is 7.11 Å². The second kappa shape index (κ2) is 5.73. The molecule has 19 heavy (non-hydrogen) atoms. The van der Waals surface area contributed by atoms with E-state index in [2.05, 4.69) is 13.0 Å². The van der Waals surface area contributed by atoms with Crippen molar-refractivity contribution in [3.8, 4) is 6.07 Å². The van der Waals surface area contributed by atoms with Crippen molar-refractivity contribution in [3.05, 3.63) is 35.4 Å². The number of nitrogens with zero attached hydrogens (tertiary/aromatic N) is 1. The van der Waals surface area contributed by atoms with Crippen LogP contribution in [0.3, 0.4) is 0 Å². The van der Waals surface area contributed by atoms with Crippen molar-refractivity contribution in [1.82, 2.24) is 0 Å². The minimum Gasteiger partial charge on any atom is -0.387 e. The van der Waals surface area contributed by atoms with Crippen LogP contribution in [0.1, 0.15) is 43.4 Å². The number of methoxy groups -OCH3 is 1. The highest BCUT2D eigenvalue weighted by molar-refractivity contribution is 5.32. The number of ether oxygens (including phenoxy) is 1. The van der Waals surface area contributed by atoms with Gasteiger partial charge in [0.15, 0.2) is 0 Å². The molecule has 1 aliphatic rings. The highest BCUT2D eigenvalue weighted by Gasteiger charge is 2.44. The molecule has 3 atom stereocenters. The molecule has 0 aliphatic heterocycles. The molecule has 1 aromatic carbocycles. The first-order chi connectivity index (χ1) is 9.13. The molecule has 3 nitrogen and oxygen atoms in total. The summed E-state index contributed by atoms with van der Waals surface area (Å²) in [5.74, 6) is 0.504. The fraction of sp³-hybridized carbons (Fsp3) is 0.562. The first kappa shape index (κ1) is 14.0. The van der Waals surface area contributed by atoms with E-state index in [-0.39, 0.29) is 0 Å². The van der Waals surface area contributed by atoms with E-state index >= 15 is 0 Å². The predicted octanol–water partition coefficient (Wildman–Crippen LogP) is 3.20. The van der Waals surface area contributed by atoms with Crippen LogP contribution >= 0.6 is 0 Å². The molecular formula is C16H21NO2. The first-order valence-electron chi connectivity index (χ1n) is 6.79. The summed E-state index contributed by atoms with van der Waals surface area (Å²) < 4.78 is 5.18. The summed E-state index contributed by atoms with van der Waals surface area (Å²) in [5, 5.41) is 20.3. The molecule has 1 aliphatic carbocycles. The molecule has 2 rings (SSSR count). The van der Waals surface area contributed by atoms with Crippen molar-refractivity contribution in [3.63, 3.8) is 0 Å². The monoisotopic (exact) mass is 259 g/mol. The summed E-state index contributed by atoms with van der Waals surface area (Å²) >= 11 is 0. The normalized spacial score (nSPS) is 28.0. The predicted molar refractivity (Wildman–Crippen MR) is 73.2 cm³/mol. The Morgan fingerprint density at radius 3 is 2.84 bits per heavy atom. The van der Waals surface area contributed by atoms with Crippen LogP contribution in [0, 0.1) is 22.7 Å². The summed E-state index contributed by atoms with van der Waals surface area (Å²) in [7, 11) is 1.64. The van der Waals surface area contributed by atoms with E-state index in [0.29, 0.717) is 12.5 Å². The Labute approximate surface area is 114 Å². The molecule has 0 amide bonds. The second-order valence-electron chi connectivity index (χ2n) is 5.65. The summed E-state index contributed by atoms with van der Waals surface area (Å²) in [6.45, 7) is 2.61. The van der Waals surface area contributed by atoms with Gasteiger partial charge in [-0.1, -0.05) is 31.2 Å². The van der Waals surface area contributed by atoms with Gasteiger partial charge in [0, 0.05) is 7.11 Å². The fourth-order valence-electron chi connectivity index (χ4n) is 3.13. The van der Waals surface area contributed by atoms with Crippen molar-refractivity contribution in [2.75, 3.05) is 7.11 Å². The van der Waals surface area contributed by atoms with Gasteiger partial charge in [-0.15, -0.1) is 0 Å². The lowest BCUT2D eigenvalue weighted by molar-refractivity contribution is 0.0619. The number of benzene rings is 1. The minimum absolute atomic E-state index is 0.463. The summed E-state index contributed by atoms with van der Waals surface area (Å²) in [6.07, 6.45) is 1.82. The largest absolute Gasteiger partial charge is 0.387 e. The third-order valence-corrected chi connectivity index (χ3v) is 4.19. The summed E-state index contributed by atoms with van der Waals surface area (Å²) in [6, 6.07) is 10.1. The Kier molecular flexibility index (Phi) is 4.24. The molecule has 1 fully saturated rings. The summed E-state index contributed by atoms with van der Waals surface area (Å²) in [5.41, 5.74) is 1.16. The van der Waals surface area contributed by atoms with E-state index in [9.17, 15) is 10.4 Å². The molecule has 102 valence electrons. The lowest BCUT2D eigenvalue weighted by Gasteiger charge is -2.29. The van der Waals surface area contributed by atoms with Gasteiger partial charge >= 0.3 is 0 Å². The van der Waals surface area contributed by atoms with Crippen LogP contribution in [-0.2, 0) is 11.3 Å². The van der Waals surface area contributed by atoms with Crippen molar-refractivity contribution >= 4 is 0 Å². The molecule has 0 heterocycles. The van der Waals surface area contributed by atoms with E-state index in [0.717, 1.165) is 30.4 Å². The third kappa shape index (κ3) is 2.65. The Morgan fingerprint density at radius 1 is 1.53 bits per heavy atom. The second-order valence-corrected chi connectivity index (χ2v) is 5.65. The molecule has 0 radical (unpaired) electrons. The van der Waals surface area contributed by atoms with Gasteiger partial charge < -0.3 is 9.84 Å². The molecule has 1 aromatic rings. The lowest BCUT2D eigenvalue weighted by atomic mass is 9.77. The maximum atomic E-state index is 10.7. The van der Waals surface area contributed by atoms with Gasteiger partial charge in [0.1, 0.15) is 0 Å². The number of hydrogen-bond donors (Lipinski definition) is 1. The van der Waals surface area contributed by atoms with Gasteiger partial charge in [-0.2, -0.15) is 5.26 Å². The molecule has 3 heteroatoms. The fourth-order valence-corrected chi connectivity index (χ4v) is 3.13. The molecule has 1 N–H and O–H groups in total. The number of aliphatic hydroxyl groups is 1. The van der Waals surface area contributed by atoms with Gasteiger partial charge in [0.2, 0.25) is 0 Å². The van der Waals surface area contributed by atoms with Crippen LogP contribution in [0.5, 0.6) is 0 Å². The number of rotatable bonds is 4. The van der Waals surface area contributed by atoms with Gasteiger partial charge in [0.05, 0.1) is 24.2 Å². The van der Waals surface area contributed by atoms with E-state index in [4.69, 9.17) is 4.74 Å². The van der Waals surface area contributed by atoms with Gasteiger partial charge in [-0.25, -0.2) is 0 Å². The van der Waals surface area contributed by atoms with Crippen LogP contribution < -0.4 is 0 Å². The van der Waals surface area contributed by atoms with E-state index < -0.39 is 11.5 Å². The van der Waals surface area contributed by atoms with Crippen LogP contribution in [0.4, 0.5) is 0 Å². The molecule has 0 aromatic heterocycles. The topological polar surface area (TPSA) is 53.2 Å². The SMILES string of the molecule is COCc1ccccc1C(O)C1(C#N)CCC(C)C1. The Morgan fingerprint density at radius 2 is 2.26 bits per heavy atom. The van der Waals surface area contributed by atoms with Crippen LogP contribution in [0.25, 0.3) is 0 Å². The average Bonchev–Trinajstić information content (AvgIpc) is 2.82. The first-order valence-corrected chi connectivity index (χ1v) is 6.79. The third-order valence-electron chi connectivity index (χ3n) is 4.19. The van der Waals surface area contributed by atoms with Crippen LogP contribution in [0.15, 0.2) is 24.3 Å². The van der Waals surface area contributed by atoms with Crippen molar-refractivity contribution < 1.29 is 9.84 Å². The maximum Gasteiger partial charge on any atom is 0.0979 e. The lowest BCUT2D eigenvalue weighted by Crippen LogP contribution is -2.25. The van der Waals surface area contributed by atoms with Gasteiger partial charge in [-0.05, 0) is 36.3 Å². The molecule has 0 saturated heterocycles.